The first kappa shape index (κ1) is 49.5. The topological polar surface area (TPSA) is 118 Å². The standard InChI is InChI=1S/C50H70ClN5O8/c1-53-20-24-55(25-21-53)42-13-15-45-47(38-42)64-48-39-43(56-26-22-54(2)23-27-56)14-16-46(48)49(45)40-9-11-41(12-10-40)50(58)52-19-31-62-35-37-63-36-34-61-30-17-44(57)8-7-29-60-33-32-59-28-6-4-3-5-18-51/h9-16,38-39H,3-8,17-37H2,1-2H3/p+1. The van der Waals surface area contributed by atoms with Gasteiger partial charge in [-0.2, -0.15) is 0 Å². The van der Waals surface area contributed by atoms with E-state index in [1.165, 1.54) is 11.0 Å². The summed E-state index contributed by atoms with van der Waals surface area (Å²) in [5.41, 5.74) is 5.78. The van der Waals surface area contributed by atoms with Crippen LogP contribution in [0.4, 0.5) is 5.69 Å². The van der Waals surface area contributed by atoms with Gasteiger partial charge in [0.25, 0.3) is 5.91 Å². The Bertz CT molecular complexity index is 2040. The highest BCUT2D eigenvalue weighted by molar-refractivity contribution is 6.17. The second-order valence-electron chi connectivity index (χ2n) is 16.8. The molecule has 2 saturated heterocycles. The molecular formula is C50H71ClN5O8+. The number of nitrogens with zero attached hydrogens (tertiary/aromatic N) is 4. The van der Waals surface area contributed by atoms with Crippen molar-refractivity contribution in [2.75, 3.05) is 150 Å². The number of carbonyl (C=O) groups is 2. The third-order valence-electron chi connectivity index (χ3n) is 12.0. The number of Topliss-reactive ketones (excluding diaryl/α,β-unsaturated/α-hetero) is 1. The molecule has 0 saturated carbocycles. The van der Waals surface area contributed by atoms with E-state index < -0.39 is 0 Å². The summed E-state index contributed by atoms with van der Waals surface area (Å²) >= 11 is 5.68. The van der Waals surface area contributed by atoms with Crippen molar-refractivity contribution < 1.29 is 37.7 Å². The zero-order valence-electron chi connectivity index (χ0n) is 38.3. The lowest BCUT2D eigenvalue weighted by Gasteiger charge is -2.34. The van der Waals surface area contributed by atoms with Crippen LogP contribution in [0.25, 0.3) is 33.4 Å². The lowest BCUT2D eigenvalue weighted by atomic mass is 9.93. The monoisotopic (exact) mass is 904 g/mol. The number of carbonyl (C=O) groups excluding carboxylic acids is 2. The molecule has 1 amide bonds. The van der Waals surface area contributed by atoms with Crippen molar-refractivity contribution in [3.8, 4) is 22.5 Å². The van der Waals surface area contributed by atoms with Gasteiger partial charge in [0.1, 0.15) is 17.1 Å². The molecule has 2 aromatic carbocycles. The van der Waals surface area contributed by atoms with Crippen molar-refractivity contribution in [1.29, 1.82) is 0 Å². The van der Waals surface area contributed by atoms with Crippen molar-refractivity contribution in [3.05, 3.63) is 71.6 Å². The molecule has 2 fully saturated rings. The van der Waals surface area contributed by atoms with Gasteiger partial charge >= 0.3 is 0 Å². The Balaban J connectivity index is 0.880. The van der Waals surface area contributed by atoms with Crippen LogP contribution in [0.15, 0.2) is 65.1 Å². The third kappa shape index (κ3) is 15.9. The van der Waals surface area contributed by atoms with Crippen LogP contribution in [0.2, 0.25) is 0 Å². The Morgan fingerprint density at radius 1 is 0.656 bits per heavy atom. The van der Waals surface area contributed by atoms with Crippen molar-refractivity contribution >= 4 is 39.9 Å². The molecule has 0 atom stereocenters. The molecule has 0 unspecified atom stereocenters. The second-order valence-corrected chi connectivity index (χ2v) is 17.2. The Morgan fingerprint density at radius 3 is 2.02 bits per heavy atom. The number of fused-ring (bicyclic) bond motifs is 2. The molecule has 6 rings (SSSR count). The summed E-state index contributed by atoms with van der Waals surface area (Å²) in [5, 5.41) is 5.19. The molecule has 2 aromatic rings. The van der Waals surface area contributed by atoms with Gasteiger partial charge in [-0.05, 0) is 69.3 Å². The summed E-state index contributed by atoms with van der Waals surface area (Å²) in [5.74, 6) is 1.60. The van der Waals surface area contributed by atoms with Crippen molar-refractivity contribution in [2.45, 2.75) is 44.9 Å². The number of benzene rings is 3. The van der Waals surface area contributed by atoms with E-state index in [1.807, 2.05) is 24.3 Å². The number of likely N-dealkylation sites (N-methyl/N-ethyl adjacent to an activating group) is 2. The summed E-state index contributed by atoms with van der Waals surface area (Å²) in [6.07, 6.45) is 6.00. The summed E-state index contributed by atoms with van der Waals surface area (Å²) in [4.78, 5) is 32.4. The van der Waals surface area contributed by atoms with Gasteiger partial charge in [-0.1, -0.05) is 25.0 Å². The van der Waals surface area contributed by atoms with Crippen LogP contribution in [-0.2, 0) is 28.5 Å². The third-order valence-corrected chi connectivity index (χ3v) is 12.2. The molecule has 14 heteroatoms. The van der Waals surface area contributed by atoms with Gasteiger partial charge in [-0.25, -0.2) is 4.58 Å². The molecule has 4 aliphatic rings. The highest BCUT2D eigenvalue weighted by Gasteiger charge is 2.22. The van der Waals surface area contributed by atoms with Crippen LogP contribution < -0.4 is 20.1 Å². The average molecular weight is 906 g/mol. The van der Waals surface area contributed by atoms with Gasteiger partial charge in [-0.15, -0.1) is 11.6 Å². The minimum atomic E-state index is -0.150. The SMILES string of the molecule is CN1CCN(c2ccc3c(-c4ccc(C(=O)NCCOCCOCCOCCC(=O)CCCOCCOCCCCCCCl)cc4)c4ccc(=[N+]5CCN(C)CC5)cc-4oc3c2)CC1. The maximum Gasteiger partial charge on any atom is 0.251 e. The number of hydrogen-bond donors (Lipinski definition) is 1. The molecule has 13 nitrogen and oxygen atoms in total. The Kier molecular flexibility index (Phi) is 21.3. The number of piperazine rings is 2. The fourth-order valence-corrected chi connectivity index (χ4v) is 8.22. The van der Waals surface area contributed by atoms with Gasteiger partial charge in [0, 0.05) is 105 Å². The number of unbranched alkanes of at least 4 members (excludes halogenated alkanes) is 3. The summed E-state index contributed by atoms with van der Waals surface area (Å²) < 4.78 is 37.1. The first-order valence-electron chi connectivity index (χ1n) is 23.5. The number of rotatable bonds is 28. The first-order chi connectivity index (χ1) is 31.4. The van der Waals surface area contributed by atoms with Crippen LogP contribution in [0, 0.1) is 0 Å². The van der Waals surface area contributed by atoms with Crippen molar-refractivity contribution in [2.24, 2.45) is 0 Å². The maximum atomic E-state index is 13.1. The van der Waals surface area contributed by atoms with E-state index in [1.54, 1.807) is 0 Å². The summed E-state index contributed by atoms with van der Waals surface area (Å²) in [6, 6.07) is 21.0. The molecule has 0 bridgehead atoms. The number of hydrogen-bond acceptors (Lipinski definition) is 11. The van der Waals surface area contributed by atoms with Gasteiger partial charge in [-0.3, -0.25) is 14.5 Å². The number of anilines is 1. The molecule has 1 N–H and O–H groups in total. The minimum absolute atomic E-state index is 0.150. The van der Waals surface area contributed by atoms with E-state index in [4.69, 9.17) is 39.7 Å². The van der Waals surface area contributed by atoms with Crippen molar-refractivity contribution in [1.82, 2.24) is 19.7 Å². The second kappa shape index (κ2) is 27.5. The Hall–Kier alpha value is -3.92. The quantitative estimate of drug-likeness (QED) is 0.0312. The largest absolute Gasteiger partial charge is 0.456 e. The molecule has 64 heavy (non-hydrogen) atoms. The summed E-state index contributed by atoms with van der Waals surface area (Å²) in [7, 11) is 4.35. The minimum Gasteiger partial charge on any atom is -0.456 e. The van der Waals surface area contributed by atoms with Gasteiger partial charge < -0.3 is 43.2 Å². The van der Waals surface area contributed by atoms with E-state index in [9.17, 15) is 9.59 Å². The lowest BCUT2D eigenvalue weighted by Crippen LogP contribution is -2.46. The number of ketones is 1. The predicted molar refractivity (Wildman–Crippen MR) is 255 cm³/mol. The van der Waals surface area contributed by atoms with Crippen molar-refractivity contribution in [3.63, 3.8) is 0 Å². The highest BCUT2D eigenvalue weighted by atomic mass is 35.5. The van der Waals surface area contributed by atoms with Crippen LogP contribution >= 0.6 is 11.6 Å². The first-order valence-corrected chi connectivity index (χ1v) is 24.0. The number of alkyl halides is 1. The van der Waals surface area contributed by atoms with Crippen LogP contribution in [0.1, 0.15) is 55.3 Å². The van der Waals surface area contributed by atoms with Crippen LogP contribution in [-0.4, -0.2) is 166 Å². The van der Waals surface area contributed by atoms with E-state index in [2.05, 4.69) is 75.1 Å². The van der Waals surface area contributed by atoms with E-state index >= 15 is 0 Å². The average Bonchev–Trinajstić information content (AvgIpc) is 3.31. The Labute approximate surface area is 384 Å². The number of amides is 1. The maximum absolute atomic E-state index is 13.1. The predicted octanol–water partition coefficient (Wildman–Crippen LogP) is 6.03. The fraction of sp³-hybridized carbons (Fsp3) is 0.580. The zero-order valence-corrected chi connectivity index (χ0v) is 39.1. The van der Waals surface area contributed by atoms with Gasteiger partial charge in [0.15, 0.2) is 13.1 Å². The van der Waals surface area contributed by atoms with E-state index in [-0.39, 0.29) is 11.7 Å². The van der Waals surface area contributed by atoms with E-state index in [0.717, 1.165) is 124 Å². The molecule has 0 spiro atoms. The highest BCUT2D eigenvalue weighted by Crippen LogP contribution is 2.41. The molecule has 0 radical (unpaired) electrons. The fourth-order valence-electron chi connectivity index (χ4n) is 8.03. The van der Waals surface area contributed by atoms with Crippen LogP contribution in [0.3, 0.4) is 0 Å². The smallest absolute Gasteiger partial charge is 0.251 e. The Morgan fingerprint density at radius 2 is 1.30 bits per heavy atom. The molecule has 0 aromatic heterocycles. The number of nitrogens with one attached hydrogen (secondary N) is 1. The van der Waals surface area contributed by atoms with Gasteiger partial charge in [0.2, 0.25) is 5.36 Å². The number of halogens is 1. The molecule has 350 valence electrons. The van der Waals surface area contributed by atoms with Crippen LogP contribution in [0.5, 0.6) is 0 Å². The normalized spacial score (nSPS) is 15.1. The molecular weight excluding hydrogens is 834 g/mol. The number of ether oxygens (including phenoxy) is 5. The zero-order chi connectivity index (χ0) is 44.8. The molecule has 3 aliphatic heterocycles. The summed E-state index contributed by atoms with van der Waals surface area (Å²) in [6.45, 7) is 13.3. The van der Waals surface area contributed by atoms with Gasteiger partial charge in [0.05, 0.1) is 72.0 Å². The lowest BCUT2D eigenvalue weighted by molar-refractivity contribution is -0.120. The molecule has 1 aliphatic carbocycles. The van der Waals surface area contributed by atoms with E-state index in [0.29, 0.717) is 90.8 Å². The molecule has 3 heterocycles.